The summed E-state index contributed by atoms with van der Waals surface area (Å²) in [7, 11) is 2.03. The molecule has 136 valence electrons. The van der Waals surface area contributed by atoms with E-state index in [2.05, 4.69) is 52.6 Å². The van der Waals surface area contributed by atoms with Crippen LogP contribution in [0.15, 0.2) is 30.6 Å². The van der Waals surface area contributed by atoms with Gasteiger partial charge in [0.1, 0.15) is 17.4 Å². The third-order valence-electron chi connectivity index (χ3n) is 5.34. The van der Waals surface area contributed by atoms with Crippen LogP contribution in [0.3, 0.4) is 0 Å². The monoisotopic (exact) mass is 350 g/mol. The molecule has 4 rings (SSSR count). The van der Waals surface area contributed by atoms with Gasteiger partial charge in [0.25, 0.3) is 0 Å². The Hall–Kier alpha value is -2.56. The Morgan fingerprint density at radius 1 is 1.04 bits per heavy atom. The molecule has 1 aromatic carbocycles. The Morgan fingerprint density at radius 2 is 1.81 bits per heavy atom. The van der Waals surface area contributed by atoms with Crippen LogP contribution >= 0.6 is 0 Å². The first-order valence-electron chi connectivity index (χ1n) is 9.29. The zero-order valence-corrected chi connectivity index (χ0v) is 16.0. The van der Waals surface area contributed by atoms with Gasteiger partial charge in [-0.15, -0.1) is 0 Å². The van der Waals surface area contributed by atoms with Gasteiger partial charge in [-0.1, -0.05) is 6.07 Å². The maximum absolute atomic E-state index is 6.22. The number of hydrogen-bond acceptors (Lipinski definition) is 4. The van der Waals surface area contributed by atoms with Crippen LogP contribution in [0.1, 0.15) is 29.7 Å². The average Bonchev–Trinajstić information content (AvgIpc) is 2.99. The quantitative estimate of drug-likeness (QED) is 0.717. The van der Waals surface area contributed by atoms with Gasteiger partial charge in [0, 0.05) is 38.7 Å². The van der Waals surface area contributed by atoms with Crippen molar-refractivity contribution in [3.8, 4) is 5.75 Å². The average molecular weight is 350 g/mol. The molecule has 0 radical (unpaired) electrons. The number of piperidine rings is 1. The Morgan fingerprint density at radius 3 is 2.54 bits per heavy atom. The van der Waals surface area contributed by atoms with Crippen molar-refractivity contribution in [2.45, 2.75) is 39.7 Å². The van der Waals surface area contributed by atoms with Crippen LogP contribution < -0.4 is 9.64 Å². The predicted octanol–water partition coefficient (Wildman–Crippen LogP) is 3.94. The highest BCUT2D eigenvalue weighted by molar-refractivity contribution is 5.87. The lowest BCUT2D eigenvalue weighted by Gasteiger charge is -2.33. The van der Waals surface area contributed by atoms with Gasteiger partial charge >= 0.3 is 0 Å². The van der Waals surface area contributed by atoms with E-state index in [0.29, 0.717) is 0 Å². The molecule has 5 nitrogen and oxygen atoms in total. The lowest BCUT2D eigenvalue weighted by molar-refractivity contribution is 0.170. The second kappa shape index (κ2) is 6.63. The fourth-order valence-corrected chi connectivity index (χ4v) is 3.62. The van der Waals surface area contributed by atoms with Crippen LogP contribution in [0.5, 0.6) is 5.75 Å². The van der Waals surface area contributed by atoms with Crippen molar-refractivity contribution in [2.75, 3.05) is 18.0 Å². The molecule has 26 heavy (non-hydrogen) atoms. The topological polar surface area (TPSA) is 43.2 Å². The molecule has 1 fully saturated rings. The second-order valence-corrected chi connectivity index (χ2v) is 7.36. The van der Waals surface area contributed by atoms with E-state index in [9.17, 15) is 0 Å². The zero-order chi connectivity index (χ0) is 18.3. The Kier molecular flexibility index (Phi) is 4.31. The first-order valence-corrected chi connectivity index (χ1v) is 9.29. The molecule has 0 bridgehead atoms. The fraction of sp³-hybridized carbons (Fsp3) is 0.429. The van der Waals surface area contributed by atoms with E-state index in [0.717, 1.165) is 54.2 Å². The number of hydrogen-bond donors (Lipinski definition) is 0. The number of aryl methyl sites for hydroxylation is 4. The van der Waals surface area contributed by atoms with Crippen LogP contribution in [0.25, 0.3) is 11.0 Å². The molecule has 0 aliphatic carbocycles. The van der Waals surface area contributed by atoms with Crippen molar-refractivity contribution in [1.29, 1.82) is 0 Å². The number of fused-ring (bicyclic) bond motifs is 1. The van der Waals surface area contributed by atoms with Gasteiger partial charge in [-0.05, 0) is 50.1 Å². The molecular formula is C21H26N4O. The van der Waals surface area contributed by atoms with E-state index >= 15 is 0 Å². The summed E-state index contributed by atoms with van der Waals surface area (Å²) in [5.41, 5.74) is 5.75. The van der Waals surface area contributed by atoms with Crippen molar-refractivity contribution in [2.24, 2.45) is 7.05 Å². The first kappa shape index (κ1) is 16.9. The fourth-order valence-electron chi connectivity index (χ4n) is 3.62. The highest BCUT2D eigenvalue weighted by Crippen LogP contribution is 2.28. The number of imidazole rings is 1. The largest absolute Gasteiger partial charge is 0.490 e. The molecule has 0 atom stereocenters. The number of aromatic nitrogens is 3. The molecule has 3 aromatic rings. The van der Waals surface area contributed by atoms with Crippen LogP contribution in [-0.4, -0.2) is 33.7 Å². The van der Waals surface area contributed by atoms with E-state index in [1.165, 1.54) is 11.1 Å². The van der Waals surface area contributed by atoms with Crippen molar-refractivity contribution >= 4 is 16.9 Å². The minimum absolute atomic E-state index is 0.261. The van der Waals surface area contributed by atoms with Crippen molar-refractivity contribution < 1.29 is 4.74 Å². The van der Waals surface area contributed by atoms with E-state index in [1.807, 2.05) is 20.3 Å². The van der Waals surface area contributed by atoms with E-state index in [4.69, 9.17) is 9.72 Å². The normalized spacial score (nSPS) is 15.6. The number of pyridine rings is 1. The molecule has 0 amide bonds. The highest BCUT2D eigenvalue weighted by atomic mass is 16.5. The summed E-state index contributed by atoms with van der Waals surface area (Å²) in [6.07, 6.45) is 4.12. The molecule has 0 saturated carbocycles. The Bertz CT molecular complexity index is 939. The van der Waals surface area contributed by atoms with Gasteiger partial charge in [-0.2, -0.15) is 0 Å². The molecule has 0 N–H and O–H groups in total. The van der Waals surface area contributed by atoms with Crippen LogP contribution in [0.2, 0.25) is 0 Å². The number of benzene rings is 1. The maximum atomic E-state index is 6.22. The minimum atomic E-state index is 0.261. The molecule has 1 saturated heterocycles. The van der Waals surface area contributed by atoms with Crippen molar-refractivity contribution in [3.05, 3.63) is 47.4 Å². The first-order chi connectivity index (χ1) is 12.5. The number of nitrogens with zero attached hydrogens (tertiary/aromatic N) is 4. The zero-order valence-electron chi connectivity index (χ0n) is 16.0. The summed E-state index contributed by atoms with van der Waals surface area (Å²) in [6.45, 7) is 8.19. The van der Waals surface area contributed by atoms with Gasteiger partial charge in [-0.25, -0.2) is 9.97 Å². The summed E-state index contributed by atoms with van der Waals surface area (Å²) in [5.74, 6) is 1.98. The summed E-state index contributed by atoms with van der Waals surface area (Å²) in [4.78, 5) is 11.7. The molecule has 0 unspecified atom stereocenters. The molecule has 3 heterocycles. The molecular weight excluding hydrogens is 324 g/mol. The Labute approximate surface area is 154 Å². The SMILES string of the molecule is Cc1cc2c(ncn2C)c(N2CCC(Oc3ccc(C)c(C)c3)CC2)n1. The summed E-state index contributed by atoms with van der Waals surface area (Å²) < 4.78 is 8.28. The predicted molar refractivity (Wildman–Crippen MR) is 105 cm³/mol. The van der Waals surface area contributed by atoms with E-state index in [-0.39, 0.29) is 6.10 Å². The molecule has 0 spiro atoms. The lowest BCUT2D eigenvalue weighted by Crippen LogP contribution is -2.39. The second-order valence-electron chi connectivity index (χ2n) is 7.36. The van der Waals surface area contributed by atoms with Crippen molar-refractivity contribution in [1.82, 2.24) is 14.5 Å². The molecule has 1 aliphatic rings. The van der Waals surface area contributed by atoms with Gasteiger partial charge in [0.05, 0.1) is 11.8 Å². The Balaban J connectivity index is 1.48. The highest BCUT2D eigenvalue weighted by Gasteiger charge is 2.24. The van der Waals surface area contributed by atoms with Crippen molar-refractivity contribution in [3.63, 3.8) is 0 Å². The maximum Gasteiger partial charge on any atom is 0.157 e. The number of anilines is 1. The van der Waals surface area contributed by atoms with E-state index < -0.39 is 0 Å². The lowest BCUT2D eigenvalue weighted by atomic mass is 10.1. The van der Waals surface area contributed by atoms with Gasteiger partial charge < -0.3 is 14.2 Å². The standard InChI is InChI=1S/C21H26N4O/c1-14-5-6-18(11-15(14)2)26-17-7-9-25(10-8-17)21-20-19(12-16(3)23-21)24(4)13-22-20/h5-6,11-13,17H,7-10H2,1-4H3. The minimum Gasteiger partial charge on any atom is -0.490 e. The summed E-state index contributed by atoms with van der Waals surface area (Å²) >= 11 is 0. The van der Waals surface area contributed by atoms with Crippen LogP contribution in [-0.2, 0) is 7.05 Å². The summed E-state index contributed by atoms with van der Waals surface area (Å²) in [6, 6.07) is 8.45. The van der Waals surface area contributed by atoms with Gasteiger partial charge in [0.2, 0.25) is 0 Å². The summed E-state index contributed by atoms with van der Waals surface area (Å²) in [5, 5.41) is 0. The van der Waals surface area contributed by atoms with E-state index in [1.54, 1.807) is 0 Å². The van der Waals surface area contributed by atoms with Gasteiger partial charge in [-0.3, -0.25) is 0 Å². The van der Waals surface area contributed by atoms with Crippen LogP contribution in [0, 0.1) is 20.8 Å². The molecule has 5 heteroatoms. The number of ether oxygens (including phenoxy) is 1. The molecule has 1 aliphatic heterocycles. The third kappa shape index (κ3) is 3.14. The van der Waals surface area contributed by atoms with Crippen LogP contribution in [0.4, 0.5) is 5.82 Å². The third-order valence-corrected chi connectivity index (χ3v) is 5.34. The number of rotatable bonds is 3. The van der Waals surface area contributed by atoms with Gasteiger partial charge in [0.15, 0.2) is 5.82 Å². The molecule has 2 aromatic heterocycles. The smallest absolute Gasteiger partial charge is 0.157 e.